The number of aryl methyl sites for hydroxylation is 1. The fourth-order valence-corrected chi connectivity index (χ4v) is 3.60. The molecule has 0 aliphatic rings. The number of nitrogens with one attached hydrogen (secondary N) is 1. The topological polar surface area (TPSA) is 114 Å². The first kappa shape index (κ1) is 30.2. The number of hydrogen-bond donors (Lipinski definition) is 2. The summed E-state index contributed by atoms with van der Waals surface area (Å²) in [7, 11) is 0. The average Bonchev–Trinajstić information content (AvgIpc) is 2.86. The third kappa shape index (κ3) is 6.63. The number of benzene rings is 1. The smallest absolute Gasteiger partial charge is 0.425 e. The molecule has 0 bridgehead atoms. The van der Waals surface area contributed by atoms with Gasteiger partial charge in [-0.2, -0.15) is 18.3 Å². The van der Waals surface area contributed by atoms with Crippen LogP contribution in [-0.4, -0.2) is 29.8 Å². The number of rotatable bonds is 6. The Labute approximate surface area is 221 Å². The molecule has 4 rings (SSSR count). The molecular weight excluding hydrogens is 551 g/mol. The average molecular weight is 573 g/mol. The lowest BCUT2D eigenvalue weighted by Crippen LogP contribution is -2.22. The van der Waals surface area contributed by atoms with Crippen molar-refractivity contribution in [2.45, 2.75) is 51.8 Å². The van der Waals surface area contributed by atoms with E-state index in [4.69, 9.17) is 5.11 Å². The Morgan fingerprint density at radius 1 is 1.00 bits per heavy atom. The molecule has 0 spiro atoms. The van der Waals surface area contributed by atoms with Crippen LogP contribution in [0.3, 0.4) is 0 Å². The number of aromatic amines is 1. The normalized spacial score (nSPS) is 11.8. The number of halogens is 7. The van der Waals surface area contributed by atoms with Crippen molar-refractivity contribution in [3.05, 3.63) is 80.4 Å². The van der Waals surface area contributed by atoms with Crippen molar-refractivity contribution >= 4 is 10.8 Å². The Morgan fingerprint density at radius 2 is 1.65 bits per heavy atom. The molecule has 0 unspecified atom stereocenters. The van der Waals surface area contributed by atoms with Crippen LogP contribution in [0.2, 0.25) is 0 Å². The van der Waals surface area contributed by atoms with Crippen molar-refractivity contribution in [3.63, 3.8) is 0 Å². The molecule has 15 heteroatoms. The highest BCUT2D eigenvalue weighted by molar-refractivity contribution is 5.86. The molecule has 0 radical (unpaired) electrons. The van der Waals surface area contributed by atoms with Gasteiger partial charge in [0.15, 0.2) is 28.8 Å². The lowest BCUT2D eigenvalue weighted by molar-refractivity contribution is -0.140. The van der Waals surface area contributed by atoms with Crippen molar-refractivity contribution < 1.29 is 35.8 Å². The van der Waals surface area contributed by atoms with Crippen molar-refractivity contribution in [2.24, 2.45) is 0 Å². The number of fused-ring (bicyclic) bond motifs is 1. The monoisotopic (exact) mass is 573 g/mol. The van der Waals surface area contributed by atoms with Crippen LogP contribution >= 0.6 is 0 Å². The zero-order valence-corrected chi connectivity index (χ0v) is 21.0. The van der Waals surface area contributed by atoms with Crippen molar-refractivity contribution in [1.29, 1.82) is 0 Å². The number of H-pyrrole nitrogens is 1. The number of nitrogens with zero attached hydrogens (tertiary/aromatic N) is 4. The summed E-state index contributed by atoms with van der Waals surface area (Å²) in [5.74, 6) is -7.14. The van der Waals surface area contributed by atoms with Gasteiger partial charge in [0.2, 0.25) is 0 Å². The second-order valence-corrected chi connectivity index (χ2v) is 8.68. The molecule has 0 aliphatic heterocycles. The highest BCUT2D eigenvalue weighted by Crippen LogP contribution is 2.32. The van der Waals surface area contributed by atoms with Gasteiger partial charge in [0.05, 0.1) is 22.7 Å². The number of aromatic hydroxyl groups is 1. The van der Waals surface area contributed by atoms with Crippen LogP contribution in [0.5, 0.6) is 5.75 Å². The van der Waals surface area contributed by atoms with Gasteiger partial charge in [-0.25, -0.2) is 32.6 Å². The number of unbranched alkanes of at least 4 members (excludes halogenated alkanes) is 2. The first-order chi connectivity index (χ1) is 18.7. The molecule has 1 aromatic carbocycles. The number of aromatic nitrogens is 5. The largest absolute Gasteiger partial charge is 0.505 e. The van der Waals surface area contributed by atoms with E-state index in [-0.39, 0.29) is 22.2 Å². The Kier molecular flexibility index (Phi) is 8.95. The number of hydrogen-bond acceptors (Lipinski definition) is 6. The molecule has 4 aromatic rings. The van der Waals surface area contributed by atoms with Crippen LogP contribution in [0.1, 0.15) is 44.2 Å². The molecule has 2 N–H and O–H groups in total. The van der Waals surface area contributed by atoms with Crippen molar-refractivity contribution in [2.75, 3.05) is 0 Å². The maximum atomic E-state index is 14.7. The quantitative estimate of drug-likeness (QED) is 0.232. The van der Waals surface area contributed by atoms with Gasteiger partial charge in [-0.3, -0.25) is 9.59 Å². The minimum Gasteiger partial charge on any atom is -0.505 e. The van der Waals surface area contributed by atoms with Gasteiger partial charge < -0.3 is 9.67 Å². The third-order valence-electron chi connectivity index (χ3n) is 5.67. The van der Waals surface area contributed by atoms with E-state index < -0.39 is 51.7 Å². The molecular formula is C25H22F7N5O3. The molecule has 214 valence electrons. The number of alkyl halides is 5. The maximum Gasteiger partial charge on any atom is 0.425 e. The minimum atomic E-state index is -4.86. The molecule has 0 aliphatic carbocycles. The Hall–Kier alpha value is -4.30. The van der Waals surface area contributed by atoms with E-state index in [0.717, 1.165) is 31.7 Å². The van der Waals surface area contributed by atoms with Gasteiger partial charge in [-0.1, -0.05) is 19.8 Å². The first-order valence-electron chi connectivity index (χ1n) is 11.7. The minimum absolute atomic E-state index is 0.194. The Balaban J connectivity index is 0.000000307. The van der Waals surface area contributed by atoms with E-state index in [1.54, 1.807) is 5.10 Å². The van der Waals surface area contributed by atoms with Crippen LogP contribution in [0.15, 0.2) is 46.5 Å². The van der Waals surface area contributed by atoms with E-state index >= 15 is 0 Å². The zero-order valence-electron chi connectivity index (χ0n) is 21.0. The summed E-state index contributed by atoms with van der Waals surface area (Å²) >= 11 is 0. The maximum absolute atomic E-state index is 14.7. The van der Waals surface area contributed by atoms with Crippen LogP contribution in [0.25, 0.3) is 22.2 Å². The summed E-state index contributed by atoms with van der Waals surface area (Å²) in [6, 6.07) is 2.77. The van der Waals surface area contributed by atoms with Crippen LogP contribution in [0.4, 0.5) is 30.7 Å². The summed E-state index contributed by atoms with van der Waals surface area (Å²) in [5.41, 5.74) is -4.43. The molecule has 0 saturated heterocycles. The molecule has 0 atom stereocenters. The zero-order chi connectivity index (χ0) is 29.8. The Bertz CT molecular complexity index is 1610. The van der Waals surface area contributed by atoms with Gasteiger partial charge in [-0.05, 0) is 23.9 Å². The van der Waals surface area contributed by atoms with Crippen LogP contribution in [-0.2, 0) is 18.6 Å². The molecule has 3 aromatic heterocycles. The fraction of sp³-hybridized carbons (Fsp3) is 0.320. The van der Waals surface area contributed by atoms with Crippen LogP contribution < -0.4 is 11.1 Å². The lowest BCUT2D eigenvalue weighted by atomic mass is 10.1. The van der Waals surface area contributed by atoms with Crippen molar-refractivity contribution in [1.82, 2.24) is 24.7 Å². The Morgan fingerprint density at radius 3 is 2.17 bits per heavy atom. The van der Waals surface area contributed by atoms with Gasteiger partial charge in [0.1, 0.15) is 0 Å². The van der Waals surface area contributed by atoms with E-state index in [2.05, 4.69) is 15.1 Å². The summed E-state index contributed by atoms with van der Waals surface area (Å²) in [6.07, 6.45) is 1.58. The predicted octanol–water partition coefficient (Wildman–Crippen LogP) is 5.53. The summed E-state index contributed by atoms with van der Waals surface area (Å²) in [4.78, 5) is 30.5. The van der Waals surface area contributed by atoms with Gasteiger partial charge in [-0.15, -0.1) is 0 Å². The summed E-state index contributed by atoms with van der Waals surface area (Å²) in [5, 5.41) is 13.0. The van der Waals surface area contributed by atoms with E-state index in [0.29, 0.717) is 19.7 Å². The fourth-order valence-electron chi connectivity index (χ4n) is 3.60. The highest BCUT2D eigenvalue weighted by atomic mass is 19.4. The third-order valence-corrected chi connectivity index (χ3v) is 5.67. The molecule has 0 saturated carbocycles. The second-order valence-electron chi connectivity index (χ2n) is 8.68. The number of pyridine rings is 1. The molecule has 0 amide bonds. The van der Waals surface area contributed by atoms with E-state index in [1.165, 1.54) is 22.9 Å². The van der Waals surface area contributed by atoms with Crippen LogP contribution in [0, 0.1) is 11.6 Å². The highest BCUT2D eigenvalue weighted by Gasteiger charge is 2.37. The predicted molar refractivity (Wildman–Crippen MR) is 130 cm³/mol. The summed E-state index contributed by atoms with van der Waals surface area (Å²) in [6.45, 7) is 3.13. The molecule has 40 heavy (non-hydrogen) atoms. The van der Waals surface area contributed by atoms with E-state index in [1.807, 2.05) is 6.92 Å². The van der Waals surface area contributed by atoms with Crippen molar-refractivity contribution in [3.8, 4) is 17.1 Å². The van der Waals surface area contributed by atoms with Gasteiger partial charge >= 0.3 is 6.18 Å². The lowest BCUT2D eigenvalue weighted by Gasteiger charge is -2.12. The molecule has 0 fully saturated rings. The SMILES string of the molecule is CCCCCn1ccc2cc(-c3ncc(C(C)(F)F)cn3)c(F)c(F)c2c1=O.O=c1[nH]ncc(O)c1C(F)(F)F. The second kappa shape index (κ2) is 11.8. The first-order valence-corrected chi connectivity index (χ1v) is 11.7. The molecule has 3 heterocycles. The standard InChI is InChI=1S/C20H19F4N3O.C5H3F3N2O2/c1-3-4-5-7-27-8-6-12-9-14(16(21)17(22)15(12)19(27)28)18-25-10-13(11-26-18)20(2,23)24;6-5(7,8)3-2(11)1-9-10-4(3)12/h6,8-11H,3-5,7H2,1-2H3;1H,(H2,10,11,12). The summed E-state index contributed by atoms with van der Waals surface area (Å²) < 4.78 is 92.9. The van der Waals surface area contributed by atoms with E-state index in [9.17, 15) is 40.3 Å². The van der Waals surface area contributed by atoms with Gasteiger partial charge in [0, 0.05) is 32.1 Å². The molecule has 8 nitrogen and oxygen atoms in total. The van der Waals surface area contributed by atoms with Gasteiger partial charge in [0.25, 0.3) is 17.0 Å².